The molecule has 6 heteroatoms. The Morgan fingerprint density at radius 2 is 1.38 bits per heavy atom. The van der Waals surface area contributed by atoms with Crippen molar-refractivity contribution in [2.45, 2.75) is 22.5 Å². The molecule has 2 aromatic carbocycles. The fourth-order valence-electron chi connectivity index (χ4n) is 2.35. The molecule has 1 aliphatic heterocycles. The topological polar surface area (TPSA) is 72.8 Å². The van der Waals surface area contributed by atoms with Crippen LogP contribution in [0.3, 0.4) is 0 Å². The summed E-state index contributed by atoms with van der Waals surface area (Å²) < 4.78 is 10.9. The Morgan fingerprint density at radius 3 is 1.92 bits per heavy atom. The van der Waals surface area contributed by atoms with E-state index in [0.29, 0.717) is 16.4 Å². The van der Waals surface area contributed by atoms with Crippen molar-refractivity contribution in [3.8, 4) is 0 Å². The minimum atomic E-state index is -0.828. The molecule has 0 bridgehead atoms. The van der Waals surface area contributed by atoms with Crippen molar-refractivity contribution < 1.29 is 24.2 Å². The van der Waals surface area contributed by atoms with Crippen molar-refractivity contribution >= 4 is 26.9 Å². The molecule has 5 nitrogen and oxygen atoms in total. The van der Waals surface area contributed by atoms with E-state index in [0.717, 1.165) is 0 Å². The van der Waals surface area contributed by atoms with Gasteiger partial charge in [-0.3, -0.25) is 0 Å². The molecular formula is C18H16O5Se. The number of aliphatic hydroxyl groups is 1. The second kappa shape index (κ2) is 7.62. The molecule has 0 aromatic heterocycles. The van der Waals surface area contributed by atoms with Crippen molar-refractivity contribution in [3.63, 3.8) is 0 Å². The number of benzene rings is 2. The summed E-state index contributed by atoms with van der Waals surface area (Å²) in [6.07, 6.45) is -1.45. The predicted molar refractivity (Wildman–Crippen MR) is 87.9 cm³/mol. The molecule has 1 N–H and O–H groups in total. The SMILES string of the molecule is O=C(O[C@H]1C[Se]C(O)[C@@H]1OC(=O)c1ccccc1)c1ccccc1. The summed E-state index contributed by atoms with van der Waals surface area (Å²) in [6.45, 7) is 0. The normalized spacial score (nSPS) is 22.8. The van der Waals surface area contributed by atoms with E-state index in [4.69, 9.17) is 9.47 Å². The second-order valence-electron chi connectivity index (χ2n) is 5.27. The van der Waals surface area contributed by atoms with Gasteiger partial charge in [-0.2, -0.15) is 0 Å². The van der Waals surface area contributed by atoms with Crippen LogP contribution < -0.4 is 0 Å². The van der Waals surface area contributed by atoms with Gasteiger partial charge in [-0.05, 0) is 0 Å². The Labute approximate surface area is 145 Å². The van der Waals surface area contributed by atoms with Crippen LogP contribution in [0.25, 0.3) is 0 Å². The number of esters is 2. The van der Waals surface area contributed by atoms with E-state index in [-0.39, 0.29) is 15.0 Å². The van der Waals surface area contributed by atoms with Gasteiger partial charge in [-0.15, -0.1) is 0 Å². The van der Waals surface area contributed by atoms with Gasteiger partial charge in [0, 0.05) is 0 Å². The van der Waals surface area contributed by atoms with Crippen LogP contribution in [0.4, 0.5) is 0 Å². The third-order valence-electron chi connectivity index (χ3n) is 3.60. The maximum atomic E-state index is 12.2. The summed E-state index contributed by atoms with van der Waals surface area (Å²) >= 11 is -0.163. The van der Waals surface area contributed by atoms with Crippen molar-refractivity contribution in [3.05, 3.63) is 71.8 Å². The third kappa shape index (κ3) is 3.85. The standard InChI is InChI=1S/C18H16O5Se/c19-16(12-7-3-1-4-8-12)22-14-11-24-18(21)15(14)23-17(20)13-9-5-2-6-10-13/h1-10,14-15,18,21H,11H2/t14-,15+,18?/m0/s1. The average Bonchev–Trinajstić information content (AvgIpc) is 2.96. The molecule has 0 spiro atoms. The van der Waals surface area contributed by atoms with Crippen LogP contribution in [0.5, 0.6) is 0 Å². The Bertz CT molecular complexity index is 704. The molecule has 1 heterocycles. The Morgan fingerprint density at radius 1 is 0.875 bits per heavy atom. The number of ether oxygens (including phenoxy) is 2. The first-order valence-electron chi connectivity index (χ1n) is 7.47. The summed E-state index contributed by atoms with van der Waals surface area (Å²) in [5.41, 5.74) is 0.830. The van der Waals surface area contributed by atoms with Crippen LogP contribution in [0.2, 0.25) is 5.32 Å². The molecule has 1 unspecified atom stereocenters. The van der Waals surface area contributed by atoms with E-state index in [1.807, 2.05) is 6.07 Å². The van der Waals surface area contributed by atoms with Crippen LogP contribution in [-0.2, 0) is 9.47 Å². The van der Waals surface area contributed by atoms with E-state index in [1.165, 1.54) is 0 Å². The summed E-state index contributed by atoms with van der Waals surface area (Å²) in [6, 6.07) is 17.2. The predicted octanol–water partition coefficient (Wildman–Crippen LogP) is 1.89. The Hall–Kier alpha value is -2.14. The third-order valence-corrected chi connectivity index (χ3v) is 5.97. The van der Waals surface area contributed by atoms with Crippen molar-refractivity contribution in [1.82, 2.24) is 0 Å². The molecule has 2 aromatic rings. The number of carbonyl (C=O) groups is 2. The summed E-state index contributed by atoms with van der Waals surface area (Å²) in [7, 11) is 0. The van der Waals surface area contributed by atoms with Gasteiger partial charge in [-0.1, -0.05) is 0 Å². The van der Waals surface area contributed by atoms with Crippen molar-refractivity contribution in [1.29, 1.82) is 0 Å². The quantitative estimate of drug-likeness (QED) is 0.637. The van der Waals surface area contributed by atoms with Gasteiger partial charge < -0.3 is 0 Å². The first-order valence-corrected chi connectivity index (χ1v) is 9.67. The van der Waals surface area contributed by atoms with E-state index in [1.54, 1.807) is 54.6 Å². The monoisotopic (exact) mass is 392 g/mol. The van der Waals surface area contributed by atoms with Crippen molar-refractivity contribution in [2.75, 3.05) is 0 Å². The van der Waals surface area contributed by atoms with Crippen LogP contribution in [-0.4, -0.2) is 49.2 Å². The van der Waals surface area contributed by atoms with Gasteiger partial charge in [0.05, 0.1) is 0 Å². The first kappa shape index (κ1) is 16.7. The number of hydrogen-bond donors (Lipinski definition) is 1. The molecule has 24 heavy (non-hydrogen) atoms. The van der Waals surface area contributed by atoms with Gasteiger partial charge in [0.25, 0.3) is 0 Å². The molecule has 124 valence electrons. The van der Waals surface area contributed by atoms with Crippen LogP contribution >= 0.6 is 0 Å². The number of aliphatic hydroxyl groups excluding tert-OH is 1. The summed E-state index contributed by atoms with van der Waals surface area (Å²) in [5, 5.41) is 9.83. The van der Waals surface area contributed by atoms with Gasteiger partial charge in [0.1, 0.15) is 0 Å². The summed E-state index contributed by atoms with van der Waals surface area (Å²) in [4.78, 5) is 24.4. The van der Waals surface area contributed by atoms with Gasteiger partial charge in [-0.25, -0.2) is 0 Å². The van der Waals surface area contributed by atoms with Gasteiger partial charge >= 0.3 is 145 Å². The van der Waals surface area contributed by atoms with E-state index < -0.39 is 29.1 Å². The number of hydrogen-bond acceptors (Lipinski definition) is 5. The van der Waals surface area contributed by atoms with E-state index in [9.17, 15) is 14.7 Å². The zero-order valence-electron chi connectivity index (χ0n) is 12.7. The zero-order valence-corrected chi connectivity index (χ0v) is 14.4. The zero-order chi connectivity index (χ0) is 16.9. The Balaban J connectivity index is 1.67. The molecule has 0 saturated carbocycles. The van der Waals surface area contributed by atoms with E-state index in [2.05, 4.69) is 0 Å². The second-order valence-corrected chi connectivity index (χ2v) is 7.68. The number of carbonyl (C=O) groups excluding carboxylic acids is 2. The number of rotatable bonds is 4. The summed E-state index contributed by atoms with van der Waals surface area (Å²) in [5.74, 6) is -1.01. The van der Waals surface area contributed by atoms with Crippen LogP contribution in [0.1, 0.15) is 20.7 Å². The molecule has 1 aliphatic rings. The van der Waals surface area contributed by atoms with Gasteiger partial charge in [0.15, 0.2) is 0 Å². The molecular weight excluding hydrogens is 375 g/mol. The first-order chi connectivity index (χ1) is 11.6. The maximum absolute atomic E-state index is 12.2. The Kier molecular flexibility index (Phi) is 5.30. The molecule has 1 fully saturated rings. The molecule has 0 aliphatic carbocycles. The van der Waals surface area contributed by atoms with Crippen molar-refractivity contribution in [2.24, 2.45) is 0 Å². The van der Waals surface area contributed by atoms with Gasteiger partial charge in [0.2, 0.25) is 0 Å². The molecule has 0 radical (unpaired) electrons. The van der Waals surface area contributed by atoms with E-state index >= 15 is 0 Å². The minimum absolute atomic E-state index is 0.163. The molecule has 3 atom stereocenters. The fraction of sp³-hybridized carbons (Fsp3) is 0.222. The molecule has 3 rings (SSSR count). The van der Waals surface area contributed by atoms with Crippen LogP contribution in [0, 0.1) is 0 Å². The van der Waals surface area contributed by atoms with Crippen LogP contribution in [0.15, 0.2) is 60.7 Å². The fourth-order valence-corrected chi connectivity index (χ4v) is 4.58. The molecule has 0 amide bonds. The molecule has 1 saturated heterocycles. The average molecular weight is 391 g/mol.